The molecule has 2 N–H and O–H groups in total. The van der Waals surface area contributed by atoms with Crippen LogP contribution in [0.5, 0.6) is 0 Å². The van der Waals surface area contributed by atoms with Crippen molar-refractivity contribution in [3.05, 3.63) is 65.2 Å². The number of hydrogen-bond acceptors (Lipinski definition) is 5. The zero-order valence-electron chi connectivity index (χ0n) is 13.7. The first kappa shape index (κ1) is 17.6. The van der Waals surface area contributed by atoms with E-state index in [1.54, 1.807) is 0 Å². The quantitative estimate of drug-likeness (QED) is 0.783. The Hall–Kier alpha value is -2.22. The molecule has 6 nitrogen and oxygen atoms in total. The van der Waals surface area contributed by atoms with Gasteiger partial charge in [0.1, 0.15) is 0 Å². The summed E-state index contributed by atoms with van der Waals surface area (Å²) in [5.41, 5.74) is 1.20. The van der Waals surface area contributed by atoms with Gasteiger partial charge in [0.25, 0.3) is 0 Å². The van der Waals surface area contributed by atoms with Crippen LogP contribution >= 0.6 is 0 Å². The van der Waals surface area contributed by atoms with Gasteiger partial charge in [-0.25, -0.2) is 17.9 Å². The highest BCUT2D eigenvalue weighted by molar-refractivity contribution is 7.89. The van der Waals surface area contributed by atoms with Crippen molar-refractivity contribution in [2.45, 2.75) is 23.3 Å². The lowest BCUT2D eigenvalue weighted by atomic mass is 10.0. The fraction of sp³-hybridized carbons (Fsp3) is 0.278. The van der Waals surface area contributed by atoms with E-state index >= 15 is 0 Å². The van der Waals surface area contributed by atoms with Crippen LogP contribution in [0.15, 0.2) is 53.4 Å². The predicted molar refractivity (Wildman–Crippen MR) is 91.8 cm³/mol. The first-order valence-electron chi connectivity index (χ1n) is 7.80. The van der Waals surface area contributed by atoms with Gasteiger partial charge < -0.3 is 9.84 Å². The Morgan fingerprint density at radius 1 is 1.12 bits per heavy atom. The number of carbonyl (C=O) groups excluding carboxylic acids is 1. The maximum atomic E-state index is 12.4. The van der Waals surface area contributed by atoms with Gasteiger partial charge in [0.05, 0.1) is 23.2 Å². The lowest BCUT2D eigenvalue weighted by Gasteiger charge is -2.22. The van der Waals surface area contributed by atoms with Gasteiger partial charge in [-0.05, 0) is 35.4 Å². The van der Waals surface area contributed by atoms with Gasteiger partial charge in [-0.15, -0.1) is 0 Å². The lowest BCUT2D eigenvalue weighted by molar-refractivity contribution is 0.0567. The van der Waals surface area contributed by atoms with Crippen LogP contribution in [0.2, 0.25) is 0 Å². The van der Waals surface area contributed by atoms with E-state index in [0.717, 1.165) is 11.1 Å². The summed E-state index contributed by atoms with van der Waals surface area (Å²) in [6.07, 6.45) is 0.819. The van der Waals surface area contributed by atoms with Crippen molar-refractivity contribution in [2.24, 2.45) is 0 Å². The molecule has 0 unspecified atom stereocenters. The Labute approximate surface area is 146 Å². The first-order chi connectivity index (χ1) is 11.8. The molecule has 0 bridgehead atoms. The van der Waals surface area contributed by atoms with Gasteiger partial charge in [0.2, 0.25) is 10.0 Å². The van der Waals surface area contributed by atoms with Crippen LogP contribution in [0.1, 0.15) is 21.5 Å². The molecule has 0 aromatic heterocycles. The molecule has 2 aromatic carbocycles. The summed E-state index contributed by atoms with van der Waals surface area (Å²) >= 11 is 0. The molecule has 0 aliphatic heterocycles. The normalized spacial score (nSPS) is 15.6. The minimum Gasteiger partial charge on any atom is -0.465 e. The van der Waals surface area contributed by atoms with Crippen molar-refractivity contribution >= 4 is 16.0 Å². The molecule has 0 atom stereocenters. The van der Waals surface area contributed by atoms with Gasteiger partial charge in [-0.1, -0.05) is 24.3 Å². The fourth-order valence-corrected chi connectivity index (χ4v) is 4.12. The largest absolute Gasteiger partial charge is 0.465 e. The van der Waals surface area contributed by atoms with E-state index < -0.39 is 21.6 Å². The van der Waals surface area contributed by atoms with Crippen molar-refractivity contribution in [2.75, 3.05) is 13.7 Å². The number of nitrogens with one attached hydrogen (secondary N) is 1. The monoisotopic (exact) mass is 361 g/mol. The third-order valence-corrected chi connectivity index (χ3v) is 5.75. The number of fused-ring (bicyclic) bond motifs is 1. The number of benzene rings is 2. The third kappa shape index (κ3) is 3.73. The van der Waals surface area contributed by atoms with E-state index in [-0.39, 0.29) is 17.0 Å². The second-order valence-electron chi connectivity index (χ2n) is 6.19. The molecule has 0 fully saturated rings. The molecule has 0 radical (unpaired) electrons. The van der Waals surface area contributed by atoms with Crippen LogP contribution in [-0.4, -0.2) is 38.7 Å². The van der Waals surface area contributed by atoms with Gasteiger partial charge in [-0.3, -0.25) is 0 Å². The van der Waals surface area contributed by atoms with Gasteiger partial charge in [0.15, 0.2) is 0 Å². The highest BCUT2D eigenvalue weighted by Gasteiger charge is 2.36. The second kappa shape index (κ2) is 6.59. The second-order valence-corrected chi connectivity index (χ2v) is 7.95. The van der Waals surface area contributed by atoms with E-state index in [1.807, 2.05) is 24.3 Å². The van der Waals surface area contributed by atoms with Crippen LogP contribution in [0.3, 0.4) is 0 Å². The predicted octanol–water partition coefficient (Wildman–Crippen LogP) is 1.28. The van der Waals surface area contributed by atoms with Crippen molar-refractivity contribution in [1.29, 1.82) is 0 Å². The van der Waals surface area contributed by atoms with E-state index in [2.05, 4.69) is 9.46 Å². The molecule has 2 aromatic rings. The number of esters is 1. The number of sulfonamides is 1. The van der Waals surface area contributed by atoms with E-state index in [1.165, 1.54) is 31.4 Å². The molecule has 0 amide bonds. The average Bonchev–Trinajstić information content (AvgIpc) is 2.96. The topological polar surface area (TPSA) is 92.7 Å². The number of methoxy groups -OCH3 is 1. The zero-order chi connectivity index (χ0) is 18.1. The first-order valence-corrected chi connectivity index (χ1v) is 9.28. The van der Waals surface area contributed by atoms with Crippen molar-refractivity contribution in [3.63, 3.8) is 0 Å². The van der Waals surface area contributed by atoms with Gasteiger partial charge in [-0.2, -0.15) is 0 Å². The third-order valence-electron chi connectivity index (χ3n) is 4.33. The Balaban J connectivity index is 1.69. The van der Waals surface area contributed by atoms with E-state index in [9.17, 15) is 18.3 Å². The van der Waals surface area contributed by atoms with E-state index in [4.69, 9.17) is 0 Å². The van der Waals surface area contributed by atoms with Gasteiger partial charge in [0, 0.05) is 19.4 Å². The average molecular weight is 361 g/mol. The SMILES string of the molecule is COC(=O)c1ccc(S(=O)(=O)NCC2(O)Cc3ccccc3C2)cc1. The summed E-state index contributed by atoms with van der Waals surface area (Å²) in [4.78, 5) is 11.4. The molecule has 25 heavy (non-hydrogen) atoms. The molecule has 1 aliphatic carbocycles. The highest BCUT2D eigenvalue weighted by atomic mass is 32.2. The smallest absolute Gasteiger partial charge is 0.337 e. The van der Waals surface area contributed by atoms with E-state index in [0.29, 0.717) is 12.8 Å². The van der Waals surface area contributed by atoms with Crippen molar-refractivity contribution in [3.8, 4) is 0 Å². The summed E-state index contributed by atoms with van der Waals surface area (Å²) in [7, 11) is -2.53. The fourth-order valence-electron chi connectivity index (χ4n) is 3.00. The Kier molecular flexibility index (Phi) is 4.64. The minimum absolute atomic E-state index is 0.0271. The summed E-state index contributed by atoms with van der Waals surface area (Å²) in [6.45, 7) is -0.0806. The lowest BCUT2D eigenvalue weighted by Crippen LogP contribution is -2.43. The molecule has 7 heteroatoms. The van der Waals surface area contributed by atoms with Crippen LogP contribution < -0.4 is 4.72 Å². The highest BCUT2D eigenvalue weighted by Crippen LogP contribution is 2.29. The van der Waals surface area contributed by atoms with Crippen molar-refractivity contribution in [1.82, 2.24) is 4.72 Å². The maximum absolute atomic E-state index is 12.4. The van der Waals surface area contributed by atoms with Crippen LogP contribution in [0.4, 0.5) is 0 Å². The molecule has 132 valence electrons. The Morgan fingerprint density at radius 3 is 2.20 bits per heavy atom. The van der Waals surface area contributed by atoms with Gasteiger partial charge >= 0.3 is 5.97 Å². The van der Waals surface area contributed by atoms with Crippen molar-refractivity contribution < 1.29 is 23.1 Å². The molecule has 1 aliphatic rings. The number of hydrogen-bond donors (Lipinski definition) is 2. The summed E-state index contributed by atoms with van der Waals surface area (Å²) in [5, 5.41) is 10.7. The number of ether oxygens (including phenoxy) is 1. The summed E-state index contributed by atoms with van der Waals surface area (Å²) < 4.78 is 31.9. The maximum Gasteiger partial charge on any atom is 0.337 e. The number of carbonyl (C=O) groups is 1. The molecule has 0 heterocycles. The number of aliphatic hydroxyl groups is 1. The number of rotatable bonds is 5. The molecule has 3 rings (SSSR count). The molecular weight excluding hydrogens is 342 g/mol. The summed E-state index contributed by atoms with van der Waals surface area (Å²) in [6, 6.07) is 13.1. The Bertz CT molecular complexity index is 865. The van der Waals surface area contributed by atoms with Crippen LogP contribution in [-0.2, 0) is 27.6 Å². The standard InChI is InChI=1S/C18H19NO5S/c1-24-17(20)13-6-8-16(9-7-13)25(22,23)19-12-18(21)10-14-4-2-3-5-15(14)11-18/h2-9,19,21H,10-12H2,1H3. The molecule has 0 saturated heterocycles. The molecule has 0 spiro atoms. The molecular formula is C18H19NO5S. The van der Waals surface area contributed by atoms with Crippen LogP contribution in [0, 0.1) is 0 Å². The molecule has 0 saturated carbocycles. The minimum atomic E-state index is -3.78. The van der Waals surface area contributed by atoms with Crippen LogP contribution in [0.25, 0.3) is 0 Å². The Morgan fingerprint density at radius 2 is 1.68 bits per heavy atom. The zero-order valence-corrected chi connectivity index (χ0v) is 14.5. The summed E-state index contributed by atoms with van der Waals surface area (Å²) in [5.74, 6) is -0.532.